The fourth-order valence-corrected chi connectivity index (χ4v) is 1.75. The van der Waals surface area contributed by atoms with E-state index < -0.39 is 4.92 Å². The van der Waals surface area contributed by atoms with Crippen LogP contribution in [-0.2, 0) is 4.79 Å². The Kier molecular flexibility index (Phi) is 5.37. The van der Waals surface area contributed by atoms with E-state index in [1.54, 1.807) is 19.1 Å². The summed E-state index contributed by atoms with van der Waals surface area (Å²) < 4.78 is 0. The molecule has 19 heavy (non-hydrogen) atoms. The first-order valence-electron chi connectivity index (χ1n) is 5.80. The van der Waals surface area contributed by atoms with Gasteiger partial charge in [0.2, 0.25) is 5.91 Å². The summed E-state index contributed by atoms with van der Waals surface area (Å²) in [4.78, 5) is 21.7. The van der Waals surface area contributed by atoms with Gasteiger partial charge in [0.1, 0.15) is 0 Å². The van der Waals surface area contributed by atoms with Crippen LogP contribution in [0.1, 0.15) is 25.3 Å². The molecule has 0 heterocycles. The van der Waals surface area contributed by atoms with Gasteiger partial charge in [-0.1, -0.05) is 13.0 Å². The molecule has 0 saturated carbocycles. The van der Waals surface area contributed by atoms with Crippen LogP contribution in [-0.4, -0.2) is 15.9 Å². The van der Waals surface area contributed by atoms with E-state index >= 15 is 0 Å². The molecule has 0 aliphatic carbocycles. The summed E-state index contributed by atoms with van der Waals surface area (Å²) in [5.41, 5.74) is 0.989. The molecule has 0 fully saturated rings. The number of benzene rings is 1. The number of anilines is 1. The number of nitro groups is 1. The van der Waals surface area contributed by atoms with E-state index in [4.69, 9.17) is 12.2 Å². The Morgan fingerprint density at radius 2 is 2.16 bits per heavy atom. The number of rotatable bonds is 4. The summed E-state index contributed by atoms with van der Waals surface area (Å²) in [7, 11) is 0. The van der Waals surface area contributed by atoms with Crippen LogP contribution in [0.5, 0.6) is 0 Å². The van der Waals surface area contributed by atoms with Gasteiger partial charge in [0.15, 0.2) is 5.11 Å². The summed E-state index contributed by atoms with van der Waals surface area (Å²) in [5, 5.41) is 16.2. The minimum absolute atomic E-state index is 0.00712. The molecular weight excluding hydrogens is 266 g/mol. The Bertz CT molecular complexity index is 517. The first kappa shape index (κ1) is 15.0. The van der Waals surface area contributed by atoms with E-state index in [9.17, 15) is 14.9 Å². The van der Waals surface area contributed by atoms with Crippen molar-refractivity contribution in [1.29, 1.82) is 0 Å². The molecule has 1 rings (SSSR count). The normalized spacial score (nSPS) is 9.79. The Balaban J connectivity index is 2.77. The quantitative estimate of drug-likeness (QED) is 0.503. The highest BCUT2D eigenvalue weighted by Crippen LogP contribution is 2.24. The molecule has 0 aliphatic rings. The van der Waals surface area contributed by atoms with Crippen LogP contribution < -0.4 is 10.6 Å². The van der Waals surface area contributed by atoms with Gasteiger partial charge in [-0.05, 0) is 31.6 Å². The minimum atomic E-state index is -0.459. The van der Waals surface area contributed by atoms with E-state index in [0.29, 0.717) is 17.7 Å². The minimum Gasteiger partial charge on any atom is -0.332 e. The van der Waals surface area contributed by atoms with Crippen LogP contribution in [0.25, 0.3) is 0 Å². The third-order valence-corrected chi connectivity index (χ3v) is 2.68. The van der Waals surface area contributed by atoms with E-state index in [0.717, 1.165) is 6.42 Å². The third-order valence-electron chi connectivity index (χ3n) is 2.48. The van der Waals surface area contributed by atoms with E-state index in [-0.39, 0.29) is 16.7 Å². The molecule has 0 spiro atoms. The Hall–Kier alpha value is -2.02. The second-order valence-corrected chi connectivity index (χ2v) is 4.37. The van der Waals surface area contributed by atoms with Crippen molar-refractivity contribution >= 4 is 34.6 Å². The van der Waals surface area contributed by atoms with Crippen molar-refractivity contribution in [2.75, 3.05) is 5.32 Å². The summed E-state index contributed by atoms with van der Waals surface area (Å²) in [5.74, 6) is -0.178. The van der Waals surface area contributed by atoms with Crippen LogP contribution >= 0.6 is 12.2 Å². The molecule has 1 aromatic rings. The monoisotopic (exact) mass is 281 g/mol. The fourth-order valence-electron chi connectivity index (χ4n) is 1.53. The lowest BCUT2D eigenvalue weighted by molar-refractivity contribution is -0.385. The molecule has 2 N–H and O–H groups in total. The van der Waals surface area contributed by atoms with Gasteiger partial charge in [0.25, 0.3) is 5.69 Å². The van der Waals surface area contributed by atoms with Crippen molar-refractivity contribution in [2.45, 2.75) is 26.7 Å². The Morgan fingerprint density at radius 1 is 1.47 bits per heavy atom. The van der Waals surface area contributed by atoms with Crippen LogP contribution in [0, 0.1) is 17.0 Å². The average molecular weight is 281 g/mol. The van der Waals surface area contributed by atoms with Crippen molar-refractivity contribution in [3.05, 3.63) is 33.9 Å². The van der Waals surface area contributed by atoms with Crippen LogP contribution in [0.4, 0.5) is 11.4 Å². The molecule has 0 saturated heterocycles. The van der Waals surface area contributed by atoms with Gasteiger partial charge in [-0.25, -0.2) is 0 Å². The zero-order chi connectivity index (χ0) is 14.4. The van der Waals surface area contributed by atoms with Gasteiger partial charge in [-0.3, -0.25) is 14.9 Å². The zero-order valence-electron chi connectivity index (χ0n) is 10.7. The largest absolute Gasteiger partial charge is 0.332 e. The molecule has 0 radical (unpaired) electrons. The first-order chi connectivity index (χ1) is 8.95. The predicted octanol–water partition coefficient (Wildman–Crippen LogP) is 2.52. The van der Waals surface area contributed by atoms with Crippen molar-refractivity contribution in [3.63, 3.8) is 0 Å². The smallest absolute Gasteiger partial charge is 0.274 e. The van der Waals surface area contributed by atoms with Crippen molar-refractivity contribution in [1.82, 2.24) is 5.32 Å². The second kappa shape index (κ2) is 6.79. The number of thiocarbonyl (C=S) groups is 1. The van der Waals surface area contributed by atoms with Crippen molar-refractivity contribution < 1.29 is 9.72 Å². The highest BCUT2D eigenvalue weighted by molar-refractivity contribution is 7.80. The van der Waals surface area contributed by atoms with Crippen molar-refractivity contribution in [2.24, 2.45) is 0 Å². The summed E-state index contributed by atoms with van der Waals surface area (Å²) in [6.45, 7) is 3.51. The molecule has 7 heteroatoms. The van der Waals surface area contributed by atoms with Gasteiger partial charge in [-0.15, -0.1) is 0 Å². The number of carbonyl (C=O) groups excluding carboxylic acids is 1. The molecule has 6 nitrogen and oxygen atoms in total. The van der Waals surface area contributed by atoms with Crippen LogP contribution in [0.2, 0.25) is 0 Å². The number of hydrogen-bond acceptors (Lipinski definition) is 4. The molecule has 1 amide bonds. The number of carbonyl (C=O) groups is 1. The Morgan fingerprint density at radius 3 is 2.74 bits per heavy atom. The van der Waals surface area contributed by atoms with Crippen LogP contribution in [0.15, 0.2) is 18.2 Å². The number of hydrogen-bond donors (Lipinski definition) is 2. The zero-order valence-corrected chi connectivity index (χ0v) is 11.5. The van der Waals surface area contributed by atoms with Gasteiger partial charge in [0, 0.05) is 12.5 Å². The van der Waals surface area contributed by atoms with E-state index in [1.165, 1.54) is 6.07 Å². The van der Waals surface area contributed by atoms with Gasteiger partial charge >= 0.3 is 0 Å². The van der Waals surface area contributed by atoms with Gasteiger partial charge < -0.3 is 10.6 Å². The molecule has 0 unspecified atom stereocenters. The lowest BCUT2D eigenvalue weighted by Crippen LogP contribution is -2.34. The highest BCUT2D eigenvalue weighted by Gasteiger charge is 2.14. The van der Waals surface area contributed by atoms with Gasteiger partial charge in [0.05, 0.1) is 16.2 Å². The molecule has 0 aliphatic heterocycles. The summed E-state index contributed by atoms with van der Waals surface area (Å²) >= 11 is 4.98. The lowest BCUT2D eigenvalue weighted by Gasteiger charge is -2.11. The standard InChI is InChI=1S/C12H15N3O3S/c1-3-5-11(16)14-12(19)13-9-6-4-7-10(8(9)2)15(17)18/h4,6-7H,3,5H2,1-2H3,(H2,13,14,16,19). The first-order valence-corrected chi connectivity index (χ1v) is 6.21. The molecule has 1 aromatic carbocycles. The maximum atomic E-state index is 11.4. The number of nitro benzene ring substituents is 1. The van der Waals surface area contributed by atoms with E-state index in [1.807, 2.05) is 6.92 Å². The maximum absolute atomic E-state index is 11.4. The van der Waals surface area contributed by atoms with Gasteiger partial charge in [-0.2, -0.15) is 0 Å². The topological polar surface area (TPSA) is 84.3 Å². The molecule has 102 valence electrons. The number of amides is 1. The number of nitrogens with one attached hydrogen (secondary N) is 2. The molecule has 0 bridgehead atoms. The van der Waals surface area contributed by atoms with Crippen LogP contribution in [0.3, 0.4) is 0 Å². The molecule has 0 atom stereocenters. The predicted molar refractivity (Wildman–Crippen MR) is 77.1 cm³/mol. The number of nitrogens with zero attached hydrogens (tertiary/aromatic N) is 1. The van der Waals surface area contributed by atoms with E-state index in [2.05, 4.69) is 10.6 Å². The third kappa shape index (κ3) is 4.29. The highest BCUT2D eigenvalue weighted by atomic mass is 32.1. The average Bonchev–Trinajstić information content (AvgIpc) is 2.31. The fraction of sp³-hybridized carbons (Fsp3) is 0.333. The summed E-state index contributed by atoms with van der Waals surface area (Å²) in [6, 6.07) is 4.64. The molecular formula is C12H15N3O3S. The SMILES string of the molecule is CCCC(=O)NC(=S)Nc1cccc([N+](=O)[O-])c1C. The maximum Gasteiger partial charge on any atom is 0.274 e. The Labute approximate surface area is 116 Å². The molecule has 0 aromatic heterocycles. The van der Waals surface area contributed by atoms with Crippen molar-refractivity contribution in [3.8, 4) is 0 Å². The summed E-state index contributed by atoms with van der Waals surface area (Å²) in [6.07, 6.45) is 1.11. The second-order valence-electron chi connectivity index (χ2n) is 3.96. The lowest BCUT2D eigenvalue weighted by atomic mass is 10.1.